The van der Waals surface area contributed by atoms with Crippen LogP contribution in [0.4, 0.5) is 0 Å². The van der Waals surface area contributed by atoms with Crippen molar-refractivity contribution < 1.29 is 14.9 Å². The zero-order valence-electron chi connectivity index (χ0n) is 24.1. The average molecular weight is 508 g/mol. The van der Waals surface area contributed by atoms with Gasteiger partial charge in [-0.25, -0.2) is 0 Å². The first kappa shape index (κ1) is 25.7. The zero-order chi connectivity index (χ0) is 26.4. The second-order valence-electron chi connectivity index (χ2n) is 15.0. The van der Waals surface area contributed by atoms with Gasteiger partial charge in [0.15, 0.2) is 11.5 Å². The Bertz CT molecular complexity index is 1120. The van der Waals surface area contributed by atoms with Crippen LogP contribution in [-0.2, 0) is 10.2 Å². The first-order chi connectivity index (χ1) is 17.4. The molecule has 3 saturated carbocycles. The van der Waals surface area contributed by atoms with E-state index in [0.717, 1.165) is 49.8 Å². The molecular formula is C33H49NO3. The summed E-state index contributed by atoms with van der Waals surface area (Å²) in [5, 5.41) is 21.1. The van der Waals surface area contributed by atoms with Gasteiger partial charge in [0, 0.05) is 30.6 Å². The maximum atomic E-state index is 10.6. The van der Waals surface area contributed by atoms with Crippen LogP contribution in [0, 0.1) is 40.4 Å². The number of nitrogens with zero attached hydrogens (tertiary/aromatic N) is 1. The second-order valence-corrected chi connectivity index (χ2v) is 15.0. The predicted molar refractivity (Wildman–Crippen MR) is 150 cm³/mol. The van der Waals surface area contributed by atoms with E-state index in [1.54, 1.807) is 0 Å². The van der Waals surface area contributed by atoms with Crippen LogP contribution in [0.1, 0.15) is 96.3 Å². The fraction of sp³-hybridized carbons (Fsp3) is 0.758. The van der Waals surface area contributed by atoms with E-state index >= 15 is 0 Å². The van der Waals surface area contributed by atoms with Crippen molar-refractivity contribution in [2.24, 2.45) is 33.5 Å². The summed E-state index contributed by atoms with van der Waals surface area (Å²) in [5.41, 5.74) is 4.45. The van der Waals surface area contributed by atoms with Gasteiger partial charge in [-0.1, -0.05) is 46.8 Å². The molecular weight excluding hydrogens is 458 g/mol. The molecule has 0 radical (unpaired) electrons. The number of ether oxygens (including phenoxy) is 1. The van der Waals surface area contributed by atoms with E-state index in [-0.39, 0.29) is 27.7 Å². The Hall–Kier alpha value is -1.52. The number of hydrogen-bond donors (Lipinski definition) is 2. The molecule has 0 bridgehead atoms. The van der Waals surface area contributed by atoms with E-state index in [4.69, 9.17) is 4.74 Å². The molecule has 0 aromatic heterocycles. The van der Waals surface area contributed by atoms with Gasteiger partial charge in [-0.3, -0.25) is 4.90 Å². The molecule has 1 saturated heterocycles. The van der Waals surface area contributed by atoms with Crippen molar-refractivity contribution in [1.29, 1.82) is 0 Å². The molecule has 2 N–H and O–H groups in total. The largest absolute Gasteiger partial charge is 0.504 e. The minimum absolute atomic E-state index is 0.0200. The van der Waals surface area contributed by atoms with Gasteiger partial charge in [0.05, 0.1) is 13.2 Å². The molecule has 4 heteroatoms. The van der Waals surface area contributed by atoms with Crippen molar-refractivity contribution in [2.75, 3.05) is 32.8 Å². The van der Waals surface area contributed by atoms with Crippen LogP contribution in [0.2, 0.25) is 0 Å². The van der Waals surface area contributed by atoms with Gasteiger partial charge in [-0.15, -0.1) is 0 Å². The number of phenolic OH excluding ortho intramolecular Hbond substituents is 2. The molecule has 4 nitrogen and oxygen atoms in total. The highest BCUT2D eigenvalue weighted by molar-refractivity contribution is 5.69. The van der Waals surface area contributed by atoms with E-state index in [0.29, 0.717) is 16.7 Å². The highest BCUT2D eigenvalue weighted by Crippen LogP contribution is 2.75. The lowest BCUT2D eigenvalue weighted by atomic mass is 9.33. The zero-order valence-corrected chi connectivity index (χ0v) is 24.1. The number of rotatable bonds is 2. The third kappa shape index (κ3) is 3.53. The van der Waals surface area contributed by atoms with Crippen molar-refractivity contribution >= 4 is 6.08 Å². The van der Waals surface area contributed by atoms with E-state index in [2.05, 4.69) is 51.7 Å². The second kappa shape index (κ2) is 8.24. The molecule has 1 aromatic rings. The topological polar surface area (TPSA) is 52.9 Å². The van der Waals surface area contributed by atoms with Crippen LogP contribution in [0.15, 0.2) is 12.1 Å². The van der Waals surface area contributed by atoms with Crippen molar-refractivity contribution in [2.45, 2.75) is 91.9 Å². The lowest BCUT2D eigenvalue weighted by molar-refractivity contribution is -0.201. The van der Waals surface area contributed by atoms with Crippen molar-refractivity contribution in [3.05, 3.63) is 28.8 Å². The lowest BCUT2D eigenvalue weighted by Crippen LogP contribution is -2.65. The Morgan fingerprint density at radius 3 is 2.32 bits per heavy atom. The Morgan fingerprint density at radius 1 is 0.919 bits per heavy atom. The Balaban J connectivity index is 1.36. The van der Waals surface area contributed by atoms with Crippen LogP contribution in [0.3, 0.4) is 0 Å². The predicted octanol–water partition coefficient (Wildman–Crippen LogP) is 7.05. The maximum absolute atomic E-state index is 10.6. The third-order valence-corrected chi connectivity index (χ3v) is 13.0. The highest BCUT2D eigenvalue weighted by atomic mass is 16.5. The molecule has 0 spiro atoms. The SMILES string of the molecule is Cc1c(O)c(O)cc2c1C=CC1[C@@]2(C)CC[C@@]2(C)[C@@H]3C[C@](C)(CN4CCOCC4)CC[C@]3(C)CC[C@]12C. The number of morpholine rings is 1. The molecule has 7 atom stereocenters. The normalized spacial score (nSPS) is 45.5. The van der Waals surface area contributed by atoms with Crippen LogP contribution in [-0.4, -0.2) is 48.0 Å². The number of phenols is 2. The highest BCUT2D eigenvalue weighted by Gasteiger charge is 2.67. The molecule has 1 aromatic carbocycles. The van der Waals surface area contributed by atoms with Crippen LogP contribution in [0.25, 0.3) is 6.08 Å². The monoisotopic (exact) mass is 507 g/mol. The minimum Gasteiger partial charge on any atom is -0.504 e. The lowest BCUT2D eigenvalue weighted by Gasteiger charge is -2.71. The fourth-order valence-electron chi connectivity index (χ4n) is 10.3. The summed E-state index contributed by atoms with van der Waals surface area (Å²) < 4.78 is 5.65. The molecule has 4 fully saturated rings. The number of fused-ring (bicyclic) bond motifs is 7. The first-order valence-corrected chi connectivity index (χ1v) is 14.9. The molecule has 1 heterocycles. The van der Waals surface area contributed by atoms with Gasteiger partial charge in [0.2, 0.25) is 0 Å². The fourth-order valence-corrected chi connectivity index (χ4v) is 10.3. The number of aromatic hydroxyl groups is 2. The maximum Gasteiger partial charge on any atom is 0.161 e. The summed E-state index contributed by atoms with van der Waals surface area (Å²) in [6.45, 7) is 20.0. The summed E-state index contributed by atoms with van der Waals surface area (Å²) in [6, 6.07) is 1.88. The molecule has 4 aliphatic carbocycles. The van der Waals surface area contributed by atoms with E-state index in [1.165, 1.54) is 50.6 Å². The molecule has 204 valence electrons. The Morgan fingerprint density at radius 2 is 1.59 bits per heavy atom. The summed E-state index contributed by atoms with van der Waals surface area (Å²) in [5.74, 6) is 1.24. The van der Waals surface area contributed by atoms with Crippen molar-refractivity contribution in [3.8, 4) is 11.5 Å². The van der Waals surface area contributed by atoms with E-state index < -0.39 is 0 Å². The van der Waals surface area contributed by atoms with Crippen molar-refractivity contribution in [1.82, 2.24) is 4.90 Å². The molecule has 5 aliphatic rings. The Labute approximate surface area is 224 Å². The van der Waals surface area contributed by atoms with E-state index in [1.807, 2.05) is 13.0 Å². The summed E-state index contributed by atoms with van der Waals surface area (Å²) in [7, 11) is 0. The minimum atomic E-state index is -0.0200. The van der Waals surface area contributed by atoms with E-state index in [9.17, 15) is 10.2 Å². The third-order valence-electron chi connectivity index (χ3n) is 13.0. The van der Waals surface area contributed by atoms with Crippen LogP contribution < -0.4 is 0 Å². The average Bonchev–Trinajstić information content (AvgIpc) is 2.86. The Kier molecular flexibility index (Phi) is 5.73. The first-order valence-electron chi connectivity index (χ1n) is 14.9. The van der Waals surface area contributed by atoms with Gasteiger partial charge in [-0.2, -0.15) is 0 Å². The summed E-state index contributed by atoms with van der Waals surface area (Å²) in [4.78, 5) is 2.67. The standard InChI is InChI=1S/C33H49NO3/c1-22-23-7-8-26-31(4,24(23)19-25(35)28(22)36)12-14-33(6)27-20-29(2,21-34-15-17-37-18-16-34)9-10-30(27,3)11-13-32(26,33)5/h7-8,19,26-27,35-36H,9-18,20-21H2,1-6H3/t26?,27-,29-,30-,31+,32-,33+/m1/s1. The van der Waals surface area contributed by atoms with Gasteiger partial charge in [0.25, 0.3) is 0 Å². The summed E-state index contributed by atoms with van der Waals surface area (Å²) in [6.07, 6.45) is 13.8. The molecule has 1 aliphatic heterocycles. The van der Waals surface area contributed by atoms with Gasteiger partial charge < -0.3 is 14.9 Å². The number of benzene rings is 1. The number of hydrogen-bond acceptors (Lipinski definition) is 4. The van der Waals surface area contributed by atoms with Crippen molar-refractivity contribution in [3.63, 3.8) is 0 Å². The molecule has 37 heavy (non-hydrogen) atoms. The quantitative estimate of drug-likeness (QED) is 0.421. The molecule has 0 amide bonds. The smallest absolute Gasteiger partial charge is 0.161 e. The van der Waals surface area contributed by atoms with Gasteiger partial charge in [0.1, 0.15) is 0 Å². The number of allylic oxidation sites excluding steroid dienone is 1. The molecule has 1 unspecified atom stereocenters. The van der Waals surface area contributed by atoms with Crippen LogP contribution in [0.5, 0.6) is 11.5 Å². The summed E-state index contributed by atoms with van der Waals surface area (Å²) >= 11 is 0. The molecule has 6 rings (SSSR count). The van der Waals surface area contributed by atoms with Crippen LogP contribution >= 0.6 is 0 Å². The van der Waals surface area contributed by atoms with Gasteiger partial charge >= 0.3 is 0 Å². The van der Waals surface area contributed by atoms with Gasteiger partial charge in [-0.05, 0) is 103 Å².